The van der Waals surface area contributed by atoms with Crippen molar-refractivity contribution in [2.24, 2.45) is 5.92 Å². The van der Waals surface area contributed by atoms with Crippen molar-refractivity contribution < 1.29 is 13.2 Å². The van der Waals surface area contributed by atoms with Gasteiger partial charge < -0.3 is 9.88 Å². The van der Waals surface area contributed by atoms with Crippen molar-refractivity contribution in [1.82, 2.24) is 24.1 Å². The van der Waals surface area contributed by atoms with Crippen molar-refractivity contribution in [3.63, 3.8) is 0 Å². The molecule has 0 aliphatic carbocycles. The number of unbranched alkanes of at least 4 members (excludes halogenated alkanes) is 1. The first-order valence-corrected chi connectivity index (χ1v) is 13.1. The number of nitrogens with one attached hydrogen (secondary N) is 1. The number of nitrogens with zero attached hydrogens (tertiary/aromatic N) is 4. The Morgan fingerprint density at radius 3 is 2.72 bits per heavy atom. The largest absolute Gasteiger partial charge is 0.356 e. The van der Waals surface area contributed by atoms with Crippen LogP contribution in [0.15, 0.2) is 23.1 Å². The Morgan fingerprint density at radius 1 is 1.25 bits per heavy atom. The lowest BCUT2D eigenvalue weighted by molar-refractivity contribution is -0.126. The summed E-state index contributed by atoms with van der Waals surface area (Å²) in [6.45, 7) is 8.13. The molecule has 1 N–H and O–H groups in total. The van der Waals surface area contributed by atoms with Gasteiger partial charge in [0.2, 0.25) is 15.9 Å². The fourth-order valence-corrected chi connectivity index (χ4v) is 5.19. The summed E-state index contributed by atoms with van der Waals surface area (Å²) in [5.41, 5.74) is 1.65. The molecule has 3 rings (SSSR count). The van der Waals surface area contributed by atoms with E-state index in [9.17, 15) is 13.2 Å². The van der Waals surface area contributed by atoms with Gasteiger partial charge in [-0.15, -0.1) is 0 Å². The lowest BCUT2D eigenvalue weighted by atomic mass is 9.97. The van der Waals surface area contributed by atoms with E-state index in [0.717, 1.165) is 69.6 Å². The fourth-order valence-electron chi connectivity index (χ4n) is 4.27. The van der Waals surface area contributed by atoms with Gasteiger partial charge in [0.25, 0.3) is 0 Å². The smallest absolute Gasteiger partial charge is 0.242 e. The molecular formula is C23H37N5O3S. The number of imidazole rings is 1. The SMILES string of the molecule is CCCCNC(=O)C1CCCN(Cc2nc3cc(S(=O)(=O)N(C)C)ccc3n2CCC)C1. The Kier molecular flexibility index (Phi) is 8.30. The highest BCUT2D eigenvalue weighted by Crippen LogP contribution is 2.25. The summed E-state index contributed by atoms with van der Waals surface area (Å²) >= 11 is 0. The van der Waals surface area contributed by atoms with Crippen LogP contribution in [0.25, 0.3) is 11.0 Å². The van der Waals surface area contributed by atoms with Crippen LogP contribution in [0.5, 0.6) is 0 Å². The number of piperidine rings is 1. The quantitative estimate of drug-likeness (QED) is 0.548. The predicted molar refractivity (Wildman–Crippen MR) is 127 cm³/mol. The van der Waals surface area contributed by atoms with Gasteiger partial charge >= 0.3 is 0 Å². The minimum atomic E-state index is -3.51. The molecule has 0 saturated carbocycles. The molecule has 0 spiro atoms. The van der Waals surface area contributed by atoms with E-state index in [-0.39, 0.29) is 16.7 Å². The summed E-state index contributed by atoms with van der Waals surface area (Å²) in [5, 5.41) is 3.07. The molecule has 178 valence electrons. The number of benzene rings is 1. The zero-order chi connectivity index (χ0) is 23.3. The Labute approximate surface area is 192 Å². The standard InChI is InChI=1S/C23H37N5O3S/c1-5-7-12-24-23(29)18-9-8-14-27(16-18)17-22-25-20-15-19(32(30,31)26(3)4)10-11-21(20)28(22)13-6-2/h10-11,15,18H,5-9,12-14,16-17H2,1-4H3,(H,24,29). The van der Waals surface area contributed by atoms with Crippen LogP contribution in [0.4, 0.5) is 0 Å². The minimum Gasteiger partial charge on any atom is -0.356 e. The number of fused-ring (bicyclic) bond motifs is 1. The molecule has 1 saturated heterocycles. The Morgan fingerprint density at radius 2 is 2.03 bits per heavy atom. The lowest BCUT2D eigenvalue weighted by Crippen LogP contribution is -2.43. The monoisotopic (exact) mass is 463 g/mol. The molecule has 0 radical (unpaired) electrons. The van der Waals surface area contributed by atoms with Gasteiger partial charge in [-0.2, -0.15) is 0 Å². The molecule has 0 bridgehead atoms. The second-order valence-electron chi connectivity index (χ2n) is 8.84. The van der Waals surface area contributed by atoms with E-state index in [0.29, 0.717) is 12.1 Å². The van der Waals surface area contributed by atoms with Crippen molar-refractivity contribution in [3.8, 4) is 0 Å². The average molecular weight is 464 g/mol. The molecule has 1 unspecified atom stereocenters. The molecule has 1 aromatic heterocycles. The van der Waals surface area contributed by atoms with Gasteiger partial charge in [-0.25, -0.2) is 17.7 Å². The van der Waals surface area contributed by atoms with E-state index in [1.807, 2.05) is 6.07 Å². The number of sulfonamides is 1. The van der Waals surface area contributed by atoms with Gasteiger partial charge in [0.15, 0.2) is 0 Å². The van der Waals surface area contributed by atoms with Crippen molar-refractivity contribution in [2.45, 2.75) is 63.9 Å². The van der Waals surface area contributed by atoms with E-state index in [1.165, 1.54) is 18.4 Å². The highest BCUT2D eigenvalue weighted by Gasteiger charge is 2.27. The molecule has 1 aliphatic heterocycles. The highest BCUT2D eigenvalue weighted by atomic mass is 32.2. The number of carbonyl (C=O) groups is 1. The van der Waals surface area contributed by atoms with Crippen LogP contribution < -0.4 is 5.32 Å². The number of carbonyl (C=O) groups excluding carboxylic acids is 1. The predicted octanol–water partition coefficient (Wildman–Crippen LogP) is 2.82. The van der Waals surface area contributed by atoms with Crippen LogP contribution in [-0.4, -0.2) is 66.8 Å². The van der Waals surface area contributed by atoms with Gasteiger partial charge in [-0.1, -0.05) is 20.3 Å². The zero-order valence-electron chi connectivity index (χ0n) is 19.8. The van der Waals surface area contributed by atoms with E-state index < -0.39 is 10.0 Å². The lowest BCUT2D eigenvalue weighted by Gasteiger charge is -2.31. The molecule has 1 aromatic carbocycles. The molecule has 9 heteroatoms. The number of aromatic nitrogens is 2. The summed E-state index contributed by atoms with van der Waals surface area (Å²) in [6, 6.07) is 5.19. The van der Waals surface area contributed by atoms with Crippen LogP contribution in [0.1, 0.15) is 51.8 Å². The van der Waals surface area contributed by atoms with E-state index in [1.54, 1.807) is 12.1 Å². The molecule has 8 nitrogen and oxygen atoms in total. The number of aryl methyl sites for hydroxylation is 1. The summed E-state index contributed by atoms with van der Waals surface area (Å²) in [4.78, 5) is 19.9. The van der Waals surface area contributed by atoms with Crippen molar-refractivity contribution >= 4 is 27.0 Å². The molecule has 1 atom stereocenters. The maximum Gasteiger partial charge on any atom is 0.242 e. The molecule has 1 fully saturated rings. The molecule has 2 heterocycles. The number of hydrogen-bond acceptors (Lipinski definition) is 5. The molecule has 1 aliphatic rings. The summed E-state index contributed by atoms with van der Waals surface area (Å²) in [6.07, 6.45) is 4.95. The zero-order valence-corrected chi connectivity index (χ0v) is 20.6. The Hall–Kier alpha value is -1.97. The molecular weight excluding hydrogens is 426 g/mol. The third-order valence-corrected chi connectivity index (χ3v) is 7.91. The number of likely N-dealkylation sites (tertiary alicyclic amines) is 1. The van der Waals surface area contributed by atoms with Crippen molar-refractivity contribution in [2.75, 3.05) is 33.7 Å². The van der Waals surface area contributed by atoms with Gasteiger partial charge in [0.1, 0.15) is 5.82 Å². The van der Waals surface area contributed by atoms with Crippen molar-refractivity contribution in [1.29, 1.82) is 0 Å². The number of rotatable bonds is 10. The van der Waals surface area contributed by atoms with E-state index in [2.05, 4.69) is 28.6 Å². The molecule has 32 heavy (non-hydrogen) atoms. The van der Waals surface area contributed by atoms with E-state index in [4.69, 9.17) is 4.98 Å². The average Bonchev–Trinajstić information content (AvgIpc) is 3.10. The topological polar surface area (TPSA) is 87.5 Å². The highest BCUT2D eigenvalue weighted by molar-refractivity contribution is 7.89. The van der Waals surface area contributed by atoms with Crippen LogP contribution in [0.3, 0.4) is 0 Å². The summed E-state index contributed by atoms with van der Waals surface area (Å²) in [7, 11) is -0.442. The summed E-state index contributed by atoms with van der Waals surface area (Å²) < 4.78 is 28.5. The third kappa shape index (κ3) is 5.50. The number of amides is 1. The first-order chi connectivity index (χ1) is 15.3. The second-order valence-corrected chi connectivity index (χ2v) is 11.0. The maximum atomic E-state index is 12.5. The summed E-state index contributed by atoms with van der Waals surface area (Å²) in [5.74, 6) is 1.10. The Bertz CT molecular complexity index is 1030. The van der Waals surface area contributed by atoms with Gasteiger partial charge in [0, 0.05) is 33.7 Å². The van der Waals surface area contributed by atoms with Gasteiger partial charge in [-0.3, -0.25) is 9.69 Å². The van der Waals surface area contributed by atoms with Gasteiger partial charge in [-0.05, 0) is 50.4 Å². The fraction of sp³-hybridized carbons (Fsp3) is 0.652. The molecule has 2 aromatic rings. The maximum absolute atomic E-state index is 12.5. The molecule has 1 amide bonds. The minimum absolute atomic E-state index is 0.0152. The Balaban J connectivity index is 1.81. The van der Waals surface area contributed by atoms with Gasteiger partial charge in [0.05, 0.1) is 28.4 Å². The van der Waals surface area contributed by atoms with Crippen molar-refractivity contribution in [3.05, 3.63) is 24.0 Å². The normalized spacial score (nSPS) is 17.8. The first-order valence-electron chi connectivity index (χ1n) is 11.7. The van der Waals surface area contributed by atoms with Crippen LogP contribution >= 0.6 is 0 Å². The third-order valence-electron chi connectivity index (χ3n) is 6.10. The van der Waals surface area contributed by atoms with Crippen LogP contribution in [0.2, 0.25) is 0 Å². The first kappa shape index (κ1) is 24.7. The number of hydrogen-bond donors (Lipinski definition) is 1. The van der Waals surface area contributed by atoms with Crippen LogP contribution in [-0.2, 0) is 27.9 Å². The van der Waals surface area contributed by atoms with E-state index >= 15 is 0 Å². The second kappa shape index (κ2) is 10.8. The van der Waals surface area contributed by atoms with Crippen LogP contribution in [0, 0.1) is 5.92 Å².